The highest BCUT2D eigenvalue weighted by molar-refractivity contribution is 6.34. The number of carbonyl (C=O) groups excluding carboxylic acids is 1. The van der Waals surface area contributed by atoms with E-state index in [9.17, 15) is 4.79 Å². The third-order valence-corrected chi connectivity index (χ3v) is 4.38. The SMILES string of the molecule is O=C1Cc2cc(-c3c(Cl)cccc3NCc3ccco3)ccc2N1. The van der Waals surface area contributed by atoms with Gasteiger partial charge in [0.2, 0.25) is 5.91 Å². The Balaban J connectivity index is 1.70. The first-order valence-corrected chi connectivity index (χ1v) is 8.06. The van der Waals surface area contributed by atoms with Gasteiger partial charge in [-0.2, -0.15) is 0 Å². The number of hydrogen-bond acceptors (Lipinski definition) is 3. The quantitative estimate of drug-likeness (QED) is 0.724. The van der Waals surface area contributed by atoms with Crippen LogP contribution in [0.5, 0.6) is 0 Å². The summed E-state index contributed by atoms with van der Waals surface area (Å²) in [5, 5.41) is 6.88. The van der Waals surface area contributed by atoms with E-state index in [4.69, 9.17) is 16.0 Å². The fourth-order valence-electron chi connectivity index (χ4n) is 2.95. The van der Waals surface area contributed by atoms with E-state index >= 15 is 0 Å². The van der Waals surface area contributed by atoms with Crippen LogP contribution in [0.2, 0.25) is 5.02 Å². The summed E-state index contributed by atoms with van der Waals surface area (Å²) in [6.07, 6.45) is 2.06. The number of furan rings is 1. The highest BCUT2D eigenvalue weighted by Gasteiger charge is 2.19. The van der Waals surface area contributed by atoms with Crippen molar-refractivity contribution in [2.24, 2.45) is 0 Å². The monoisotopic (exact) mass is 338 g/mol. The number of amides is 1. The minimum atomic E-state index is 0.0254. The third kappa shape index (κ3) is 2.76. The highest BCUT2D eigenvalue weighted by atomic mass is 35.5. The first kappa shape index (κ1) is 14.8. The van der Waals surface area contributed by atoms with Gasteiger partial charge in [-0.3, -0.25) is 4.79 Å². The van der Waals surface area contributed by atoms with Crippen molar-refractivity contribution < 1.29 is 9.21 Å². The van der Waals surface area contributed by atoms with Crippen LogP contribution in [0.25, 0.3) is 11.1 Å². The molecule has 2 heterocycles. The van der Waals surface area contributed by atoms with Gasteiger partial charge in [-0.1, -0.05) is 23.7 Å². The molecule has 120 valence electrons. The van der Waals surface area contributed by atoms with Crippen LogP contribution in [0.1, 0.15) is 11.3 Å². The molecule has 4 rings (SSSR count). The smallest absolute Gasteiger partial charge is 0.228 e. The molecule has 1 aliphatic rings. The van der Waals surface area contributed by atoms with Crippen molar-refractivity contribution in [3.05, 3.63) is 71.1 Å². The van der Waals surface area contributed by atoms with E-state index in [0.29, 0.717) is 18.0 Å². The molecule has 1 aromatic heterocycles. The van der Waals surface area contributed by atoms with E-state index in [2.05, 4.69) is 10.6 Å². The number of hydrogen-bond donors (Lipinski definition) is 2. The molecule has 0 saturated carbocycles. The molecular formula is C19H15ClN2O2. The maximum atomic E-state index is 11.6. The average molecular weight is 339 g/mol. The summed E-state index contributed by atoms with van der Waals surface area (Å²) >= 11 is 6.46. The second-order valence-electron chi connectivity index (χ2n) is 5.69. The van der Waals surface area contributed by atoms with Crippen LogP contribution in [0.15, 0.2) is 59.2 Å². The van der Waals surface area contributed by atoms with Crippen LogP contribution in [-0.2, 0) is 17.8 Å². The first-order chi connectivity index (χ1) is 11.7. The molecule has 0 bridgehead atoms. The Morgan fingerprint density at radius 2 is 2.08 bits per heavy atom. The van der Waals surface area contributed by atoms with Gasteiger partial charge in [0, 0.05) is 16.9 Å². The molecule has 0 unspecified atom stereocenters. The van der Waals surface area contributed by atoms with E-state index in [1.54, 1.807) is 6.26 Å². The molecule has 3 aromatic rings. The number of carbonyl (C=O) groups is 1. The molecule has 0 fully saturated rings. The van der Waals surface area contributed by atoms with Gasteiger partial charge in [0.1, 0.15) is 5.76 Å². The molecule has 0 radical (unpaired) electrons. The van der Waals surface area contributed by atoms with E-state index in [1.807, 2.05) is 48.5 Å². The molecule has 0 aliphatic carbocycles. The molecule has 4 nitrogen and oxygen atoms in total. The zero-order valence-electron chi connectivity index (χ0n) is 12.8. The number of halogens is 1. The maximum absolute atomic E-state index is 11.6. The fourth-order valence-corrected chi connectivity index (χ4v) is 3.23. The topological polar surface area (TPSA) is 54.3 Å². The largest absolute Gasteiger partial charge is 0.467 e. The average Bonchev–Trinajstić information content (AvgIpc) is 3.20. The fraction of sp³-hybridized carbons (Fsp3) is 0.105. The van der Waals surface area contributed by atoms with Crippen molar-refractivity contribution in [1.82, 2.24) is 0 Å². The van der Waals surface area contributed by atoms with Crippen LogP contribution < -0.4 is 10.6 Å². The summed E-state index contributed by atoms with van der Waals surface area (Å²) in [7, 11) is 0. The normalized spacial score (nSPS) is 12.8. The minimum Gasteiger partial charge on any atom is -0.467 e. The van der Waals surface area contributed by atoms with Crippen molar-refractivity contribution in [3.8, 4) is 11.1 Å². The lowest BCUT2D eigenvalue weighted by molar-refractivity contribution is -0.115. The predicted octanol–water partition coefficient (Wildman–Crippen LogP) is 4.71. The van der Waals surface area contributed by atoms with Gasteiger partial charge in [-0.05, 0) is 47.5 Å². The minimum absolute atomic E-state index is 0.0254. The molecular weight excluding hydrogens is 324 g/mol. The molecule has 2 N–H and O–H groups in total. The summed E-state index contributed by atoms with van der Waals surface area (Å²) < 4.78 is 5.36. The second kappa shape index (κ2) is 6.06. The van der Waals surface area contributed by atoms with E-state index in [1.165, 1.54) is 0 Å². The van der Waals surface area contributed by atoms with Gasteiger partial charge in [0.25, 0.3) is 0 Å². The Bertz CT molecular complexity index is 904. The van der Waals surface area contributed by atoms with Crippen LogP contribution >= 0.6 is 11.6 Å². The van der Waals surface area contributed by atoms with Crippen LogP contribution in [0, 0.1) is 0 Å². The number of benzene rings is 2. The summed E-state index contributed by atoms with van der Waals surface area (Å²) in [5.74, 6) is 0.877. The van der Waals surface area contributed by atoms with Gasteiger partial charge in [-0.15, -0.1) is 0 Å². The Labute approximate surface area is 144 Å². The number of rotatable bonds is 4. The van der Waals surface area contributed by atoms with E-state index in [0.717, 1.165) is 33.8 Å². The van der Waals surface area contributed by atoms with Gasteiger partial charge in [0.15, 0.2) is 0 Å². The summed E-state index contributed by atoms with van der Waals surface area (Å²) in [6.45, 7) is 0.575. The molecule has 5 heteroatoms. The summed E-state index contributed by atoms with van der Waals surface area (Å²) in [4.78, 5) is 11.6. The van der Waals surface area contributed by atoms with Gasteiger partial charge in [0.05, 0.1) is 24.3 Å². The Morgan fingerprint density at radius 1 is 1.17 bits per heavy atom. The van der Waals surface area contributed by atoms with Gasteiger partial charge >= 0.3 is 0 Å². The zero-order valence-corrected chi connectivity index (χ0v) is 13.6. The van der Waals surface area contributed by atoms with E-state index in [-0.39, 0.29) is 5.91 Å². The van der Waals surface area contributed by atoms with Crippen molar-refractivity contribution in [3.63, 3.8) is 0 Å². The predicted molar refractivity (Wildman–Crippen MR) is 95.3 cm³/mol. The van der Waals surface area contributed by atoms with Crippen LogP contribution in [0.4, 0.5) is 11.4 Å². The lowest BCUT2D eigenvalue weighted by Gasteiger charge is -2.14. The Morgan fingerprint density at radius 3 is 2.92 bits per heavy atom. The van der Waals surface area contributed by atoms with Crippen molar-refractivity contribution in [2.45, 2.75) is 13.0 Å². The van der Waals surface area contributed by atoms with Gasteiger partial charge < -0.3 is 15.1 Å². The summed E-state index contributed by atoms with van der Waals surface area (Å²) in [5.41, 5.74) is 4.71. The van der Waals surface area contributed by atoms with Gasteiger partial charge in [-0.25, -0.2) is 0 Å². The molecule has 2 aromatic carbocycles. The molecule has 0 spiro atoms. The van der Waals surface area contributed by atoms with Crippen molar-refractivity contribution in [2.75, 3.05) is 10.6 Å². The third-order valence-electron chi connectivity index (χ3n) is 4.07. The lowest BCUT2D eigenvalue weighted by Crippen LogP contribution is -2.03. The van der Waals surface area contributed by atoms with Crippen LogP contribution in [0.3, 0.4) is 0 Å². The first-order valence-electron chi connectivity index (χ1n) is 7.68. The standard InChI is InChI=1S/C19H15ClN2O2/c20-15-4-1-5-17(21-11-14-3-2-8-24-14)19(15)12-6-7-16-13(9-12)10-18(23)22-16/h1-9,21H,10-11H2,(H,22,23). The highest BCUT2D eigenvalue weighted by Crippen LogP contribution is 2.37. The Hall–Kier alpha value is -2.72. The maximum Gasteiger partial charge on any atom is 0.228 e. The molecule has 24 heavy (non-hydrogen) atoms. The Kier molecular flexibility index (Phi) is 3.75. The number of fused-ring (bicyclic) bond motifs is 1. The molecule has 0 saturated heterocycles. The molecule has 1 aliphatic heterocycles. The molecule has 0 atom stereocenters. The summed E-state index contributed by atoms with van der Waals surface area (Å²) in [6, 6.07) is 15.5. The van der Waals surface area contributed by atoms with E-state index < -0.39 is 0 Å². The second-order valence-corrected chi connectivity index (χ2v) is 6.10. The van der Waals surface area contributed by atoms with Crippen molar-refractivity contribution in [1.29, 1.82) is 0 Å². The number of anilines is 2. The molecule has 1 amide bonds. The van der Waals surface area contributed by atoms with Crippen molar-refractivity contribution >= 4 is 28.9 Å². The number of nitrogens with one attached hydrogen (secondary N) is 2. The van der Waals surface area contributed by atoms with Crippen LogP contribution in [-0.4, -0.2) is 5.91 Å². The lowest BCUT2D eigenvalue weighted by atomic mass is 10.00. The zero-order chi connectivity index (χ0) is 16.5.